The van der Waals surface area contributed by atoms with Crippen molar-refractivity contribution in [2.45, 2.75) is 52.2 Å². The fourth-order valence-electron chi connectivity index (χ4n) is 2.91. The number of nitrogens with one attached hydrogen (secondary N) is 3. The largest absolute Gasteiger partial charge is 0.373 e. The summed E-state index contributed by atoms with van der Waals surface area (Å²) in [4.78, 5) is 16.7. The van der Waals surface area contributed by atoms with E-state index < -0.39 is 0 Å². The topological polar surface area (TPSA) is 74.8 Å². The van der Waals surface area contributed by atoms with Crippen LogP contribution in [0.5, 0.6) is 0 Å². The predicted octanol–water partition coefficient (Wildman–Crippen LogP) is 3.07. The molecule has 0 bridgehead atoms. The molecule has 1 heterocycles. The number of amides is 1. The number of aliphatic imine (C=N–C) groups is 1. The van der Waals surface area contributed by atoms with Crippen LogP contribution < -0.4 is 16.0 Å². The van der Waals surface area contributed by atoms with Gasteiger partial charge in [0, 0.05) is 31.8 Å². The van der Waals surface area contributed by atoms with Gasteiger partial charge in [0.15, 0.2) is 5.96 Å². The summed E-state index contributed by atoms with van der Waals surface area (Å²) in [7, 11) is 0. The van der Waals surface area contributed by atoms with E-state index in [4.69, 9.17) is 4.74 Å². The van der Waals surface area contributed by atoms with Gasteiger partial charge in [0.2, 0.25) is 0 Å². The molecule has 152 valence electrons. The molecule has 1 fully saturated rings. The minimum atomic E-state index is -0.118. The summed E-state index contributed by atoms with van der Waals surface area (Å²) >= 11 is 0. The Balaban J connectivity index is 0.00000364. The first-order chi connectivity index (χ1) is 12.6. The number of halogens is 1. The zero-order valence-corrected chi connectivity index (χ0v) is 19.0. The third-order valence-corrected chi connectivity index (χ3v) is 4.42. The van der Waals surface area contributed by atoms with Crippen molar-refractivity contribution in [2.24, 2.45) is 4.99 Å². The van der Waals surface area contributed by atoms with Crippen molar-refractivity contribution in [1.82, 2.24) is 16.0 Å². The molecular weight excluding hydrogens is 455 g/mol. The monoisotopic (exact) mass is 488 g/mol. The summed E-state index contributed by atoms with van der Waals surface area (Å²) in [6.45, 7) is 9.79. The molecule has 0 spiro atoms. The van der Waals surface area contributed by atoms with Crippen molar-refractivity contribution in [2.75, 3.05) is 26.2 Å². The number of ether oxygens (including phenoxy) is 1. The van der Waals surface area contributed by atoms with E-state index in [1.807, 2.05) is 38.1 Å². The maximum absolute atomic E-state index is 12.1. The first kappa shape index (κ1) is 23.7. The molecule has 1 saturated heterocycles. The van der Waals surface area contributed by atoms with E-state index in [2.05, 4.69) is 27.9 Å². The van der Waals surface area contributed by atoms with Crippen molar-refractivity contribution in [3.05, 3.63) is 35.4 Å². The Labute approximate surface area is 179 Å². The molecule has 0 saturated carbocycles. The number of carbonyl (C=O) groups excluding carboxylic acids is 1. The lowest BCUT2D eigenvalue weighted by Crippen LogP contribution is -2.45. The molecule has 1 aliphatic heterocycles. The Morgan fingerprint density at radius 3 is 2.74 bits per heavy atom. The van der Waals surface area contributed by atoms with Gasteiger partial charge in [-0.3, -0.25) is 4.79 Å². The van der Waals surface area contributed by atoms with Gasteiger partial charge in [0.25, 0.3) is 5.91 Å². The van der Waals surface area contributed by atoms with Crippen molar-refractivity contribution >= 4 is 35.8 Å². The molecule has 2 rings (SSSR count). The molecule has 0 aliphatic carbocycles. The maximum atomic E-state index is 12.1. The lowest BCUT2D eigenvalue weighted by Gasteiger charge is -2.24. The smallest absolute Gasteiger partial charge is 0.251 e. The summed E-state index contributed by atoms with van der Waals surface area (Å²) in [5, 5.41) is 9.54. The van der Waals surface area contributed by atoms with Gasteiger partial charge in [-0.2, -0.15) is 0 Å². The van der Waals surface area contributed by atoms with E-state index in [0.717, 1.165) is 50.5 Å². The SMILES string of the molecule is CCCNC(=O)c1cccc(CN=C(NCC)NCC2(C)CCCO2)c1.I. The molecule has 3 N–H and O–H groups in total. The normalized spacial score (nSPS) is 19.3. The van der Waals surface area contributed by atoms with Crippen LogP contribution in [0.3, 0.4) is 0 Å². The Morgan fingerprint density at radius 2 is 2.07 bits per heavy atom. The molecule has 1 aromatic carbocycles. The van der Waals surface area contributed by atoms with Crippen LogP contribution in [0.2, 0.25) is 0 Å². The van der Waals surface area contributed by atoms with E-state index in [9.17, 15) is 4.79 Å². The lowest BCUT2D eigenvalue weighted by molar-refractivity contribution is 0.0243. The van der Waals surface area contributed by atoms with Gasteiger partial charge in [-0.15, -0.1) is 24.0 Å². The maximum Gasteiger partial charge on any atom is 0.251 e. The molecule has 1 aliphatic rings. The Hall–Kier alpha value is -1.35. The van der Waals surface area contributed by atoms with Crippen LogP contribution in [0.15, 0.2) is 29.3 Å². The number of guanidine groups is 1. The van der Waals surface area contributed by atoms with Crippen LogP contribution in [0.4, 0.5) is 0 Å². The second kappa shape index (κ2) is 12.2. The van der Waals surface area contributed by atoms with Gasteiger partial charge >= 0.3 is 0 Å². The number of carbonyl (C=O) groups is 1. The summed E-state index contributed by atoms with van der Waals surface area (Å²) < 4.78 is 5.82. The van der Waals surface area contributed by atoms with Crippen LogP contribution in [-0.4, -0.2) is 43.7 Å². The number of hydrogen-bond acceptors (Lipinski definition) is 3. The van der Waals surface area contributed by atoms with Gasteiger partial charge < -0.3 is 20.7 Å². The van der Waals surface area contributed by atoms with Crippen LogP contribution >= 0.6 is 24.0 Å². The van der Waals surface area contributed by atoms with Crippen LogP contribution in [0.1, 0.15) is 56.0 Å². The highest BCUT2D eigenvalue weighted by Gasteiger charge is 2.29. The van der Waals surface area contributed by atoms with Crippen molar-refractivity contribution in [1.29, 1.82) is 0 Å². The van der Waals surface area contributed by atoms with Crippen molar-refractivity contribution in [3.63, 3.8) is 0 Å². The van der Waals surface area contributed by atoms with Crippen molar-refractivity contribution in [3.8, 4) is 0 Å². The van der Waals surface area contributed by atoms with E-state index >= 15 is 0 Å². The quantitative estimate of drug-likeness (QED) is 0.299. The third-order valence-electron chi connectivity index (χ3n) is 4.42. The van der Waals surface area contributed by atoms with Gasteiger partial charge in [0.1, 0.15) is 0 Å². The number of rotatable bonds is 8. The summed E-state index contributed by atoms with van der Waals surface area (Å²) in [6, 6.07) is 7.63. The minimum Gasteiger partial charge on any atom is -0.373 e. The first-order valence-electron chi connectivity index (χ1n) is 9.59. The number of nitrogens with zero attached hydrogens (tertiary/aromatic N) is 1. The van der Waals surface area contributed by atoms with E-state index in [1.165, 1.54) is 0 Å². The number of benzene rings is 1. The third kappa shape index (κ3) is 8.04. The molecule has 0 aromatic heterocycles. The minimum absolute atomic E-state index is 0. The van der Waals surface area contributed by atoms with E-state index in [0.29, 0.717) is 18.7 Å². The molecule has 0 radical (unpaired) electrons. The summed E-state index contributed by atoms with van der Waals surface area (Å²) in [5.41, 5.74) is 1.57. The summed E-state index contributed by atoms with van der Waals surface area (Å²) in [5.74, 6) is 0.735. The summed E-state index contributed by atoms with van der Waals surface area (Å²) in [6.07, 6.45) is 3.10. The molecule has 7 heteroatoms. The van der Waals surface area contributed by atoms with E-state index in [1.54, 1.807) is 0 Å². The van der Waals surface area contributed by atoms with Gasteiger partial charge in [0.05, 0.1) is 12.1 Å². The second-order valence-corrected chi connectivity index (χ2v) is 6.91. The van der Waals surface area contributed by atoms with Crippen LogP contribution in [0.25, 0.3) is 0 Å². The van der Waals surface area contributed by atoms with Gasteiger partial charge in [-0.05, 0) is 50.8 Å². The second-order valence-electron chi connectivity index (χ2n) is 6.91. The van der Waals surface area contributed by atoms with Crippen molar-refractivity contribution < 1.29 is 9.53 Å². The first-order valence-corrected chi connectivity index (χ1v) is 9.59. The average molecular weight is 488 g/mol. The molecule has 1 aromatic rings. The average Bonchev–Trinajstić information content (AvgIpc) is 3.09. The Morgan fingerprint density at radius 1 is 1.26 bits per heavy atom. The Bertz CT molecular complexity index is 616. The highest BCUT2D eigenvalue weighted by molar-refractivity contribution is 14.0. The van der Waals surface area contributed by atoms with Crippen LogP contribution in [0, 0.1) is 0 Å². The molecule has 1 atom stereocenters. The molecule has 1 amide bonds. The molecule has 6 nitrogen and oxygen atoms in total. The van der Waals surface area contributed by atoms with E-state index in [-0.39, 0.29) is 35.5 Å². The lowest BCUT2D eigenvalue weighted by atomic mass is 10.0. The molecular formula is C20H33IN4O2. The Kier molecular flexibility index (Phi) is 10.7. The standard InChI is InChI=1S/C20H32N4O2.HI/c1-4-11-22-18(25)17-9-6-8-16(13-17)14-23-19(21-5-2)24-15-20(3)10-7-12-26-20;/h6,8-9,13H,4-5,7,10-12,14-15H2,1-3H3,(H,22,25)(H2,21,23,24);1H. The predicted molar refractivity (Wildman–Crippen MR) is 121 cm³/mol. The highest BCUT2D eigenvalue weighted by Crippen LogP contribution is 2.23. The number of hydrogen-bond donors (Lipinski definition) is 3. The van der Waals surface area contributed by atoms with Gasteiger partial charge in [-0.25, -0.2) is 4.99 Å². The molecule has 27 heavy (non-hydrogen) atoms. The fraction of sp³-hybridized carbons (Fsp3) is 0.600. The van der Waals surface area contributed by atoms with Crippen LogP contribution in [-0.2, 0) is 11.3 Å². The fourth-order valence-corrected chi connectivity index (χ4v) is 2.91. The van der Waals surface area contributed by atoms with Gasteiger partial charge in [-0.1, -0.05) is 19.1 Å². The zero-order valence-electron chi connectivity index (χ0n) is 16.6. The zero-order chi connectivity index (χ0) is 18.8. The molecule has 1 unspecified atom stereocenters. The highest BCUT2D eigenvalue weighted by atomic mass is 127.